The normalized spacial score (nSPS) is 32.7. The van der Waals surface area contributed by atoms with Crippen LogP contribution in [0.25, 0.3) is 0 Å². The van der Waals surface area contributed by atoms with E-state index in [0.29, 0.717) is 51.1 Å². The maximum atomic E-state index is 14.5. The summed E-state index contributed by atoms with van der Waals surface area (Å²) in [5, 5.41) is 3.22. The van der Waals surface area contributed by atoms with Gasteiger partial charge in [0.05, 0.1) is 43.3 Å². The van der Waals surface area contributed by atoms with E-state index in [1.54, 1.807) is 6.08 Å². The minimum atomic E-state index is -2.75. The summed E-state index contributed by atoms with van der Waals surface area (Å²) in [6.45, 7) is 3.06. The number of halogens is 5. The van der Waals surface area contributed by atoms with Gasteiger partial charge in [-0.1, -0.05) is 6.08 Å². The number of nitrogens with zero attached hydrogens (tertiary/aromatic N) is 3. The van der Waals surface area contributed by atoms with E-state index in [9.17, 15) is 18.0 Å². The number of fused-ring (bicyclic) bond motifs is 1. The predicted octanol–water partition coefficient (Wildman–Crippen LogP) is 4.18. The molecule has 1 aromatic rings. The Bertz CT molecular complexity index is 1100. The van der Waals surface area contributed by atoms with Gasteiger partial charge in [-0.25, -0.2) is 22.9 Å². The topological polar surface area (TPSA) is 76.2 Å². The zero-order valence-corrected chi connectivity index (χ0v) is 24.5. The minimum absolute atomic E-state index is 0.0121. The largest absolute Gasteiger partial charge is 0.477 e. The van der Waals surface area contributed by atoms with E-state index < -0.39 is 30.0 Å². The van der Waals surface area contributed by atoms with Crippen molar-refractivity contribution in [2.75, 3.05) is 40.0 Å². The highest BCUT2D eigenvalue weighted by Crippen LogP contribution is 2.35. The quantitative estimate of drug-likeness (QED) is 0.181. The highest BCUT2D eigenvalue weighted by atomic mass is 35.5. The Hall–Kier alpha value is -1.63. The molecule has 4 heterocycles. The third-order valence-corrected chi connectivity index (χ3v) is 9.25. The molecule has 1 saturated carbocycles. The molecule has 8 nitrogen and oxygen atoms in total. The SMILES string of the molecule is COC(=O)/C=C/C1C(Cl)NC(CN2CCc3cc(C(F)F)c(OCC4CCC(Cl)CC4F)nc3C2)N1C[C@@H]1CCO1. The molecule has 3 aliphatic heterocycles. The second-order valence-electron chi connectivity index (χ2n) is 11.2. The fraction of sp³-hybridized carbons (Fsp3) is 0.714. The Balaban J connectivity index is 1.27. The fourth-order valence-electron chi connectivity index (χ4n) is 5.97. The summed E-state index contributed by atoms with van der Waals surface area (Å²) < 4.78 is 58.5. The number of methoxy groups -OCH3 is 1. The maximum absolute atomic E-state index is 14.5. The molecule has 3 fully saturated rings. The van der Waals surface area contributed by atoms with Crippen LogP contribution in [0.2, 0.25) is 0 Å². The van der Waals surface area contributed by atoms with Gasteiger partial charge in [-0.3, -0.25) is 15.1 Å². The Morgan fingerprint density at radius 2 is 2.10 bits per heavy atom. The molecule has 0 bridgehead atoms. The van der Waals surface area contributed by atoms with Crippen LogP contribution in [0.15, 0.2) is 18.2 Å². The van der Waals surface area contributed by atoms with E-state index in [0.717, 1.165) is 18.6 Å². The van der Waals surface area contributed by atoms with Crippen LogP contribution in [0.1, 0.15) is 48.9 Å². The van der Waals surface area contributed by atoms with Crippen LogP contribution < -0.4 is 10.1 Å². The van der Waals surface area contributed by atoms with E-state index in [4.69, 9.17) is 37.4 Å². The molecule has 1 N–H and O–H groups in total. The van der Waals surface area contributed by atoms with Crippen LogP contribution >= 0.6 is 23.2 Å². The van der Waals surface area contributed by atoms with Crippen LogP contribution in [0, 0.1) is 5.92 Å². The molecule has 41 heavy (non-hydrogen) atoms. The first-order valence-electron chi connectivity index (χ1n) is 14.2. The van der Waals surface area contributed by atoms with Crippen LogP contribution in [0.3, 0.4) is 0 Å². The lowest BCUT2D eigenvalue weighted by Crippen LogP contribution is -2.51. The van der Waals surface area contributed by atoms with Gasteiger partial charge < -0.3 is 14.2 Å². The lowest BCUT2D eigenvalue weighted by molar-refractivity contribution is -0.134. The minimum Gasteiger partial charge on any atom is -0.477 e. The number of carbonyl (C=O) groups is 1. The van der Waals surface area contributed by atoms with Gasteiger partial charge in [0.1, 0.15) is 11.7 Å². The Kier molecular flexibility index (Phi) is 10.4. The van der Waals surface area contributed by atoms with Gasteiger partial charge in [0.2, 0.25) is 5.88 Å². The molecule has 0 aromatic carbocycles. The smallest absolute Gasteiger partial charge is 0.330 e. The Labute approximate surface area is 248 Å². The van der Waals surface area contributed by atoms with Crippen LogP contribution in [0.4, 0.5) is 13.2 Å². The summed E-state index contributed by atoms with van der Waals surface area (Å²) in [5.74, 6) is -0.975. The molecular formula is C28H37Cl2F3N4O4. The molecule has 2 saturated heterocycles. The number of hydrogen-bond acceptors (Lipinski definition) is 8. The Morgan fingerprint density at radius 3 is 2.78 bits per heavy atom. The second kappa shape index (κ2) is 13.8. The van der Waals surface area contributed by atoms with Gasteiger partial charge in [-0.2, -0.15) is 0 Å². The number of esters is 1. The molecule has 1 aliphatic carbocycles. The van der Waals surface area contributed by atoms with Crippen LogP contribution in [0.5, 0.6) is 5.88 Å². The van der Waals surface area contributed by atoms with Crippen molar-refractivity contribution in [3.05, 3.63) is 35.0 Å². The molecule has 7 atom stereocenters. The van der Waals surface area contributed by atoms with Crippen molar-refractivity contribution < 1.29 is 32.2 Å². The number of carbonyl (C=O) groups excluding carboxylic acids is 1. The first-order chi connectivity index (χ1) is 19.7. The van der Waals surface area contributed by atoms with Crippen molar-refractivity contribution >= 4 is 29.2 Å². The predicted molar refractivity (Wildman–Crippen MR) is 148 cm³/mol. The van der Waals surface area contributed by atoms with E-state index in [-0.39, 0.29) is 48.2 Å². The summed E-state index contributed by atoms with van der Waals surface area (Å²) in [6.07, 6.45) is 2.19. The number of rotatable bonds is 10. The molecule has 13 heteroatoms. The van der Waals surface area contributed by atoms with E-state index in [2.05, 4.69) is 20.1 Å². The third-order valence-electron chi connectivity index (χ3n) is 8.47. The van der Waals surface area contributed by atoms with E-state index >= 15 is 0 Å². The summed E-state index contributed by atoms with van der Waals surface area (Å²) in [7, 11) is 1.33. The third kappa shape index (κ3) is 7.48. The summed E-state index contributed by atoms with van der Waals surface area (Å²) in [5.41, 5.74) is 0.752. The monoisotopic (exact) mass is 620 g/mol. The van der Waals surface area contributed by atoms with Crippen molar-refractivity contribution in [2.45, 2.75) is 80.4 Å². The molecule has 0 spiro atoms. The van der Waals surface area contributed by atoms with Crippen molar-refractivity contribution in [2.24, 2.45) is 5.92 Å². The second-order valence-corrected chi connectivity index (χ2v) is 12.3. The zero-order chi connectivity index (χ0) is 29.1. The average molecular weight is 622 g/mol. The summed E-state index contributed by atoms with van der Waals surface area (Å²) in [6, 6.07) is 1.24. The number of ether oxygens (including phenoxy) is 3. The summed E-state index contributed by atoms with van der Waals surface area (Å²) >= 11 is 12.7. The standard InChI is InChI=1S/C28H37Cl2F3N4O4/c1-39-25(38)5-4-23-26(30)35-24(37(23)12-19-7-9-40-19)14-36-8-6-16-10-20(27(32)33)28(34-22(16)13-36)41-15-17-2-3-18(29)11-21(17)31/h4-5,10,17-19,21,23-24,26-27,35H,2-3,6-9,11-15H2,1H3/b5-4+/t17?,18?,19-,21?,23?,24?,26?/m0/s1. The number of hydrogen-bond donors (Lipinski definition) is 1. The highest BCUT2D eigenvalue weighted by Gasteiger charge is 2.41. The van der Waals surface area contributed by atoms with Gasteiger partial charge >= 0.3 is 5.97 Å². The molecular weight excluding hydrogens is 584 g/mol. The van der Waals surface area contributed by atoms with Crippen molar-refractivity contribution in [1.29, 1.82) is 0 Å². The highest BCUT2D eigenvalue weighted by molar-refractivity contribution is 6.21. The van der Waals surface area contributed by atoms with Crippen LogP contribution in [-0.4, -0.2) is 96.1 Å². The first-order valence-corrected chi connectivity index (χ1v) is 15.1. The Morgan fingerprint density at radius 1 is 1.29 bits per heavy atom. The average Bonchev–Trinajstić information content (AvgIpc) is 3.21. The van der Waals surface area contributed by atoms with Gasteiger partial charge in [0.25, 0.3) is 6.43 Å². The number of pyridine rings is 1. The van der Waals surface area contributed by atoms with Gasteiger partial charge in [0, 0.05) is 50.2 Å². The number of aromatic nitrogens is 1. The molecule has 1 aromatic heterocycles. The van der Waals surface area contributed by atoms with E-state index in [1.807, 2.05) is 0 Å². The van der Waals surface area contributed by atoms with Crippen LogP contribution in [-0.2, 0) is 27.2 Å². The lowest BCUT2D eigenvalue weighted by Gasteiger charge is -2.38. The molecule has 228 valence electrons. The van der Waals surface area contributed by atoms with Crippen molar-refractivity contribution in [1.82, 2.24) is 20.1 Å². The van der Waals surface area contributed by atoms with Gasteiger partial charge in [-0.05, 0) is 43.7 Å². The van der Waals surface area contributed by atoms with Gasteiger partial charge in [0.15, 0.2) is 0 Å². The van der Waals surface area contributed by atoms with Gasteiger partial charge in [-0.15, -0.1) is 23.2 Å². The fourth-order valence-corrected chi connectivity index (χ4v) is 6.64. The molecule has 0 radical (unpaired) electrons. The van der Waals surface area contributed by atoms with Crippen molar-refractivity contribution in [3.63, 3.8) is 0 Å². The molecule has 0 amide bonds. The lowest BCUT2D eigenvalue weighted by atomic mass is 9.88. The first kappa shape index (κ1) is 30.8. The number of nitrogens with one attached hydrogen (secondary N) is 1. The molecule has 4 aliphatic rings. The molecule has 5 rings (SSSR count). The number of alkyl halides is 5. The zero-order valence-electron chi connectivity index (χ0n) is 23.0. The van der Waals surface area contributed by atoms with E-state index in [1.165, 1.54) is 19.3 Å². The summed E-state index contributed by atoms with van der Waals surface area (Å²) in [4.78, 5) is 20.7. The maximum Gasteiger partial charge on any atom is 0.330 e. The molecule has 6 unspecified atom stereocenters. The van der Waals surface area contributed by atoms with Crippen molar-refractivity contribution in [3.8, 4) is 5.88 Å².